The second-order valence-corrected chi connectivity index (χ2v) is 3.47. The zero-order valence-electron chi connectivity index (χ0n) is 7.62. The molecule has 0 spiro atoms. The number of rotatable bonds is 1. The van der Waals surface area contributed by atoms with E-state index >= 15 is 0 Å². The predicted molar refractivity (Wildman–Crippen MR) is 45.3 cm³/mol. The molecule has 1 aliphatic rings. The normalized spacial score (nSPS) is 19.3. The summed E-state index contributed by atoms with van der Waals surface area (Å²) in [5.41, 5.74) is 0. The van der Waals surface area contributed by atoms with Crippen LogP contribution < -0.4 is 0 Å². The molecular formula is C9H12N2O2. The van der Waals surface area contributed by atoms with E-state index in [1.54, 1.807) is 6.92 Å². The van der Waals surface area contributed by atoms with Crippen molar-refractivity contribution in [3.05, 3.63) is 11.8 Å². The Hall–Kier alpha value is -1.19. The van der Waals surface area contributed by atoms with E-state index in [2.05, 4.69) is 10.2 Å². The Morgan fingerprint density at radius 2 is 2.00 bits per heavy atom. The molecule has 0 saturated heterocycles. The van der Waals surface area contributed by atoms with Crippen LogP contribution in [0.2, 0.25) is 0 Å². The van der Waals surface area contributed by atoms with Gasteiger partial charge in [-0.2, -0.15) is 0 Å². The Balaban J connectivity index is 2.06. The molecule has 0 aliphatic heterocycles. The van der Waals surface area contributed by atoms with E-state index in [-0.39, 0.29) is 0 Å². The molecule has 4 nitrogen and oxygen atoms in total. The topological polar surface area (TPSA) is 56.0 Å². The first-order valence-corrected chi connectivity index (χ1v) is 4.57. The molecule has 0 radical (unpaired) electrons. The van der Waals surface area contributed by atoms with Crippen LogP contribution in [0.25, 0.3) is 0 Å². The Morgan fingerprint density at radius 3 is 2.54 bits per heavy atom. The number of Topliss-reactive ketones (excluding diaryl/α,β-unsaturated/α-hetero) is 1. The van der Waals surface area contributed by atoms with E-state index in [4.69, 9.17) is 4.42 Å². The molecule has 70 valence electrons. The molecule has 1 aromatic heterocycles. The van der Waals surface area contributed by atoms with Crippen LogP contribution in [0.4, 0.5) is 0 Å². The molecular weight excluding hydrogens is 168 g/mol. The highest BCUT2D eigenvalue weighted by atomic mass is 16.4. The lowest BCUT2D eigenvalue weighted by Gasteiger charge is -2.16. The summed E-state index contributed by atoms with van der Waals surface area (Å²) in [5, 5.41) is 7.75. The van der Waals surface area contributed by atoms with Gasteiger partial charge in [0.05, 0.1) is 0 Å². The van der Waals surface area contributed by atoms with E-state index < -0.39 is 0 Å². The summed E-state index contributed by atoms with van der Waals surface area (Å²) < 4.78 is 5.32. The SMILES string of the molecule is Cc1nnc(C2CCC(=O)CC2)o1. The molecule has 13 heavy (non-hydrogen) atoms. The molecule has 0 bridgehead atoms. The average Bonchev–Trinajstić information content (AvgIpc) is 2.53. The Kier molecular flexibility index (Phi) is 2.12. The van der Waals surface area contributed by atoms with Crippen molar-refractivity contribution in [2.75, 3.05) is 0 Å². The number of hydrogen-bond acceptors (Lipinski definition) is 4. The Labute approximate surface area is 76.3 Å². The predicted octanol–water partition coefficient (Wildman–Crippen LogP) is 1.60. The van der Waals surface area contributed by atoms with E-state index in [0.29, 0.717) is 36.3 Å². The van der Waals surface area contributed by atoms with Crippen molar-refractivity contribution in [1.29, 1.82) is 0 Å². The number of hydrogen-bond donors (Lipinski definition) is 0. The third-order valence-electron chi connectivity index (χ3n) is 2.43. The van der Waals surface area contributed by atoms with Crippen LogP contribution in [0.15, 0.2) is 4.42 Å². The smallest absolute Gasteiger partial charge is 0.219 e. The molecule has 0 N–H and O–H groups in total. The van der Waals surface area contributed by atoms with Gasteiger partial charge < -0.3 is 4.42 Å². The Morgan fingerprint density at radius 1 is 1.31 bits per heavy atom. The summed E-state index contributed by atoms with van der Waals surface area (Å²) in [7, 11) is 0. The molecule has 1 aliphatic carbocycles. The fourth-order valence-electron chi connectivity index (χ4n) is 1.66. The summed E-state index contributed by atoms with van der Waals surface area (Å²) in [6, 6.07) is 0. The maximum atomic E-state index is 11.0. The number of nitrogens with zero attached hydrogens (tertiary/aromatic N) is 2. The minimum absolute atomic E-state index is 0.305. The molecule has 0 unspecified atom stereocenters. The zero-order valence-corrected chi connectivity index (χ0v) is 7.62. The highest BCUT2D eigenvalue weighted by Gasteiger charge is 2.24. The van der Waals surface area contributed by atoms with Crippen LogP contribution in [0.5, 0.6) is 0 Å². The molecule has 0 aromatic carbocycles. The maximum Gasteiger partial charge on any atom is 0.219 e. The lowest BCUT2D eigenvalue weighted by Crippen LogP contribution is -2.12. The van der Waals surface area contributed by atoms with Crippen LogP contribution in [0, 0.1) is 6.92 Å². The molecule has 4 heteroatoms. The highest BCUT2D eigenvalue weighted by Crippen LogP contribution is 2.29. The van der Waals surface area contributed by atoms with E-state index in [9.17, 15) is 4.79 Å². The zero-order chi connectivity index (χ0) is 9.26. The van der Waals surface area contributed by atoms with Crippen LogP contribution in [-0.2, 0) is 4.79 Å². The first-order valence-electron chi connectivity index (χ1n) is 4.57. The average molecular weight is 180 g/mol. The van der Waals surface area contributed by atoms with E-state index in [1.807, 2.05) is 0 Å². The van der Waals surface area contributed by atoms with Gasteiger partial charge >= 0.3 is 0 Å². The molecule has 0 atom stereocenters. The van der Waals surface area contributed by atoms with Gasteiger partial charge in [-0.3, -0.25) is 4.79 Å². The fraction of sp³-hybridized carbons (Fsp3) is 0.667. The van der Waals surface area contributed by atoms with Crippen molar-refractivity contribution in [1.82, 2.24) is 10.2 Å². The minimum Gasteiger partial charge on any atom is -0.425 e. The quantitative estimate of drug-likeness (QED) is 0.658. The largest absolute Gasteiger partial charge is 0.425 e. The summed E-state index contributed by atoms with van der Waals surface area (Å²) in [6.45, 7) is 1.78. The number of carbonyl (C=O) groups is 1. The molecule has 1 aromatic rings. The number of aryl methyl sites for hydroxylation is 1. The van der Waals surface area contributed by atoms with Crippen LogP contribution in [0.1, 0.15) is 43.4 Å². The first kappa shape index (κ1) is 8.41. The van der Waals surface area contributed by atoms with Crippen molar-refractivity contribution < 1.29 is 9.21 Å². The van der Waals surface area contributed by atoms with Crippen LogP contribution in [-0.4, -0.2) is 16.0 Å². The lowest BCUT2D eigenvalue weighted by molar-refractivity contribution is -0.120. The summed E-state index contributed by atoms with van der Waals surface area (Å²) in [6.07, 6.45) is 3.04. The van der Waals surface area contributed by atoms with Gasteiger partial charge in [-0.15, -0.1) is 10.2 Å². The van der Waals surface area contributed by atoms with Crippen molar-refractivity contribution in [3.63, 3.8) is 0 Å². The van der Waals surface area contributed by atoms with E-state index in [1.165, 1.54) is 0 Å². The molecule has 1 fully saturated rings. The van der Waals surface area contributed by atoms with Gasteiger partial charge in [-0.05, 0) is 12.8 Å². The molecule has 0 amide bonds. The van der Waals surface area contributed by atoms with Gasteiger partial charge in [0.2, 0.25) is 11.8 Å². The minimum atomic E-state index is 0.305. The van der Waals surface area contributed by atoms with Crippen molar-refractivity contribution in [2.45, 2.75) is 38.5 Å². The maximum absolute atomic E-state index is 11.0. The molecule has 1 saturated carbocycles. The summed E-state index contributed by atoms with van der Waals surface area (Å²) in [5.74, 6) is 1.96. The number of ketones is 1. The van der Waals surface area contributed by atoms with Crippen LogP contribution >= 0.6 is 0 Å². The van der Waals surface area contributed by atoms with Gasteiger partial charge in [0.1, 0.15) is 5.78 Å². The summed E-state index contributed by atoms with van der Waals surface area (Å²) >= 11 is 0. The second kappa shape index (κ2) is 3.28. The number of aromatic nitrogens is 2. The number of carbonyl (C=O) groups excluding carboxylic acids is 1. The van der Waals surface area contributed by atoms with Gasteiger partial charge in [-0.25, -0.2) is 0 Å². The van der Waals surface area contributed by atoms with Gasteiger partial charge in [0.25, 0.3) is 0 Å². The standard InChI is InChI=1S/C9H12N2O2/c1-6-10-11-9(13-6)7-2-4-8(12)5-3-7/h7H,2-5H2,1H3. The molecule has 2 rings (SSSR count). The van der Waals surface area contributed by atoms with E-state index in [0.717, 1.165) is 12.8 Å². The monoisotopic (exact) mass is 180 g/mol. The third kappa shape index (κ3) is 1.76. The fourth-order valence-corrected chi connectivity index (χ4v) is 1.66. The molecule has 1 heterocycles. The first-order chi connectivity index (χ1) is 6.25. The van der Waals surface area contributed by atoms with Gasteiger partial charge in [0.15, 0.2) is 0 Å². The van der Waals surface area contributed by atoms with Crippen molar-refractivity contribution >= 4 is 5.78 Å². The third-order valence-corrected chi connectivity index (χ3v) is 2.43. The summed E-state index contributed by atoms with van der Waals surface area (Å²) in [4.78, 5) is 11.0. The Bertz CT molecular complexity index is 309. The van der Waals surface area contributed by atoms with Gasteiger partial charge in [-0.1, -0.05) is 0 Å². The highest BCUT2D eigenvalue weighted by molar-refractivity contribution is 5.79. The lowest BCUT2D eigenvalue weighted by atomic mass is 9.88. The second-order valence-electron chi connectivity index (χ2n) is 3.47. The van der Waals surface area contributed by atoms with Crippen molar-refractivity contribution in [3.8, 4) is 0 Å². The van der Waals surface area contributed by atoms with Crippen molar-refractivity contribution in [2.24, 2.45) is 0 Å². The van der Waals surface area contributed by atoms with Gasteiger partial charge in [0, 0.05) is 25.7 Å². The van der Waals surface area contributed by atoms with Crippen LogP contribution in [0.3, 0.4) is 0 Å².